The number of aryl methyl sites for hydroxylation is 1. The van der Waals surface area contributed by atoms with Crippen LogP contribution in [0.25, 0.3) is 11.0 Å². The summed E-state index contributed by atoms with van der Waals surface area (Å²) in [6.07, 6.45) is 7.04. The lowest BCUT2D eigenvalue weighted by atomic mass is 9.95. The van der Waals surface area contributed by atoms with E-state index in [2.05, 4.69) is 6.07 Å². The van der Waals surface area contributed by atoms with Crippen molar-refractivity contribution >= 4 is 26.7 Å². The summed E-state index contributed by atoms with van der Waals surface area (Å²) in [5.74, 6) is 0.899. The lowest BCUT2D eigenvalue weighted by Gasteiger charge is -2.34. The molecule has 30 heavy (non-hydrogen) atoms. The van der Waals surface area contributed by atoms with Gasteiger partial charge in [0.2, 0.25) is 10.0 Å². The van der Waals surface area contributed by atoms with Crippen LogP contribution in [0.5, 0.6) is 0 Å². The molecule has 6 nitrogen and oxygen atoms in total. The van der Waals surface area contributed by atoms with Crippen LogP contribution in [0.15, 0.2) is 42.5 Å². The first-order valence-electron chi connectivity index (χ1n) is 10.3. The van der Waals surface area contributed by atoms with Crippen LogP contribution in [0.3, 0.4) is 0 Å². The van der Waals surface area contributed by atoms with Crippen LogP contribution < -0.4 is 4.31 Å². The highest BCUT2D eigenvalue weighted by atomic mass is 32.2. The second kappa shape index (κ2) is 8.11. The zero-order chi connectivity index (χ0) is 21.3. The van der Waals surface area contributed by atoms with Gasteiger partial charge in [-0.3, -0.25) is 4.31 Å². The van der Waals surface area contributed by atoms with Crippen LogP contribution >= 0.6 is 0 Å². The number of nitrogens with zero attached hydrogens (tertiary/aromatic N) is 4. The summed E-state index contributed by atoms with van der Waals surface area (Å²) in [4.78, 5) is 4.80. The summed E-state index contributed by atoms with van der Waals surface area (Å²) in [6.45, 7) is 0. The van der Waals surface area contributed by atoms with Gasteiger partial charge in [0.15, 0.2) is 0 Å². The molecule has 0 spiro atoms. The number of hydrogen-bond donors (Lipinski definition) is 0. The fraction of sp³-hybridized carbons (Fsp3) is 0.391. The molecule has 1 aliphatic carbocycles. The molecule has 3 aromatic rings. The molecule has 156 valence electrons. The van der Waals surface area contributed by atoms with Crippen LogP contribution in [-0.4, -0.2) is 30.3 Å². The summed E-state index contributed by atoms with van der Waals surface area (Å²) in [5, 5.41) is 8.97. The Hall–Kier alpha value is -2.85. The number of anilines is 1. The van der Waals surface area contributed by atoms with E-state index in [9.17, 15) is 8.42 Å². The van der Waals surface area contributed by atoms with Crippen molar-refractivity contribution in [2.24, 2.45) is 7.05 Å². The highest BCUT2D eigenvalue weighted by molar-refractivity contribution is 7.92. The van der Waals surface area contributed by atoms with Crippen molar-refractivity contribution in [1.29, 1.82) is 5.26 Å². The summed E-state index contributed by atoms with van der Waals surface area (Å²) in [6, 6.07) is 15.4. The Labute approximate surface area is 177 Å². The van der Waals surface area contributed by atoms with Gasteiger partial charge in [-0.1, -0.05) is 31.4 Å². The molecule has 0 saturated heterocycles. The van der Waals surface area contributed by atoms with Gasteiger partial charge in [-0.25, -0.2) is 13.4 Å². The van der Waals surface area contributed by atoms with Crippen molar-refractivity contribution in [3.05, 3.63) is 59.4 Å². The molecule has 7 heteroatoms. The number of fused-ring (bicyclic) bond motifs is 1. The quantitative estimate of drug-likeness (QED) is 0.619. The van der Waals surface area contributed by atoms with Crippen LogP contribution in [0.1, 0.15) is 49.1 Å². The van der Waals surface area contributed by atoms with E-state index in [0.29, 0.717) is 17.7 Å². The predicted octanol–water partition coefficient (Wildman–Crippen LogP) is 4.13. The molecule has 0 atom stereocenters. The molecule has 1 heterocycles. The fourth-order valence-electron chi connectivity index (χ4n) is 4.40. The largest absolute Gasteiger partial charge is 0.331 e. The van der Waals surface area contributed by atoms with E-state index in [1.807, 2.05) is 54.1 Å². The molecule has 4 rings (SSSR count). The number of nitriles is 1. The number of hydrogen-bond acceptors (Lipinski definition) is 4. The van der Waals surface area contributed by atoms with Gasteiger partial charge in [-0.05, 0) is 48.7 Å². The highest BCUT2D eigenvalue weighted by Gasteiger charge is 2.28. The van der Waals surface area contributed by atoms with Gasteiger partial charge in [-0.2, -0.15) is 5.26 Å². The lowest BCUT2D eigenvalue weighted by molar-refractivity contribution is 0.439. The Morgan fingerprint density at radius 1 is 1.13 bits per heavy atom. The van der Waals surface area contributed by atoms with E-state index in [-0.39, 0.29) is 6.04 Å². The van der Waals surface area contributed by atoms with Gasteiger partial charge < -0.3 is 4.57 Å². The van der Waals surface area contributed by atoms with E-state index in [4.69, 9.17) is 10.2 Å². The molecule has 1 aromatic heterocycles. The molecule has 0 bridgehead atoms. The Morgan fingerprint density at radius 2 is 1.83 bits per heavy atom. The summed E-state index contributed by atoms with van der Waals surface area (Å²) >= 11 is 0. The first kappa shape index (κ1) is 20.4. The van der Waals surface area contributed by atoms with Crippen molar-refractivity contribution in [1.82, 2.24) is 9.55 Å². The minimum absolute atomic E-state index is 0.0213. The highest BCUT2D eigenvalue weighted by Crippen LogP contribution is 2.31. The van der Waals surface area contributed by atoms with Crippen LogP contribution in [0, 0.1) is 11.3 Å². The van der Waals surface area contributed by atoms with E-state index in [1.165, 1.54) is 12.7 Å². The molecule has 1 fully saturated rings. The maximum absolute atomic E-state index is 12.6. The minimum Gasteiger partial charge on any atom is -0.331 e. The summed E-state index contributed by atoms with van der Waals surface area (Å²) < 4.78 is 28.9. The molecule has 0 radical (unpaired) electrons. The van der Waals surface area contributed by atoms with Crippen molar-refractivity contribution < 1.29 is 8.42 Å². The monoisotopic (exact) mass is 422 g/mol. The Balaban J connectivity index is 1.68. The maximum atomic E-state index is 12.6. The lowest BCUT2D eigenvalue weighted by Crippen LogP contribution is -2.40. The van der Waals surface area contributed by atoms with Crippen LogP contribution in [0.4, 0.5) is 5.69 Å². The Morgan fingerprint density at radius 3 is 2.47 bits per heavy atom. The zero-order valence-corrected chi connectivity index (χ0v) is 18.2. The Bertz CT molecular complexity index is 1200. The molecular weight excluding hydrogens is 396 g/mol. The molecule has 1 aliphatic rings. The third-order valence-corrected chi connectivity index (χ3v) is 7.14. The normalized spacial score (nSPS) is 15.2. The first-order valence-corrected chi connectivity index (χ1v) is 12.2. The topological polar surface area (TPSA) is 79.0 Å². The van der Waals surface area contributed by atoms with Crippen LogP contribution in [0.2, 0.25) is 0 Å². The molecule has 1 saturated carbocycles. The van der Waals surface area contributed by atoms with Gasteiger partial charge in [0.25, 0.3) is 0 Å². The number of sulfonamides is 1. The average molecular weight is 423 g/mol. The van der Waals surface area contributed by atoms with Gasteiger partial charge in [0.1, 0.15) is 5.82 Å². The SMILES string of the molecule is Cn1c(Cc2ccc(C#N)cc2)nc2cc(N(C3CCCCC3)S(C)(=O)=O)ccc21. The minimum atomic E-state index is -3.37. The number of aromatic nitrogens is 2. The number of rotatable bonds is 5. The van der Waals surface area contributed by atoms with Gasteiger partial charge in [0, 0.05) is 19.5 Å². The molecule has 0 aliphatic heterocycles. The van der Waals surface area contributed by atoms with Gasteiger partial charge >= 0.3 is 0 Å². The third-order valence-electron chi connectivity index (χ3n) is 5.92. The number of imidazole rings is 1. The summed E-state index contributed by atoms with van der Waals surface area (Å²) in [5.41, 5.74) is 4.17. The van der Waals surface area contributed by atoms with Gasteiger partial charge in [0.05, 0.1) is 34.6 Å². The molecular formula is C23H26N4O2S. The fourth-order valence-corrected chi connectivity index (χ4v) is 5.65. The smallest absolute Gasteiger partial charge is 0.232 e. The first-order chi connectivity index (χ1) is 14.4. The molecule has 0 unspecified atom stereocenters. The van der Waals surface area contributed by atoms with E-state index in [1.54, 1.807) is 4.31 Å². The van der Waals surface area contributed by atoms with Crippen molar-refractivity contribution in [3.63, 3.8) is 0 Å². The number of benzene rings is 2. The molecule has 2 aromatic carbocycles. The van der Waals surface area contributed by atoms with Crippen molar-refractivity contribution in [2.45, 2.75) is 44.6 Å². The zero-order valence-electron chi connectivity index (χ0n) is 17.4. The van der Waals surface area contributed by atoms with E-state index < -0.39 is 10.0 Å². The standard InChI is InChI=1S/C23H26N4O2S/c1-26-22-13-12-20(27(30(2,28)29)19-6-4-3-5-7-19)15-21(22)25-23(26)14-17-8-10-18(16-24)11-9-17/h8-13,15,19H,3-7,14H2,1-2H3. The Kier molecular flexibility index (Phi) is 5.52. The second-order valence-electron chi connectivity index (χ2n) is 8.10. The second-order valence-corrected chi connectivity index (χ2v) is 9.96. The molecule has 0 amide bonds. The van der Waals surface area contributed by atoms with Crippen molar-refractivity contribution in [2.75, 3.05) is 10.6 Å². The third kappa shape index (κ3) is 4.05. The maximum Gasteiger partial charge on any atom is 0.232 e. The molecule has 0 N–H and O–H groups in total. The van der Waals surface area contributed by atoms with Crippen LogP contribution in [-0.2, 0) is 23.5 Å². The predicted molar refractivity (Wildman–Crippen MR) is 119 cm³/mol. The average Bonchev–Trinajstić information content (AvgIpc) is 3.03. The van der Waals surface area contributed by atoms with E-state index >= 15 is 0 Å². The van der Waals surface area contributed by atoms with E-state index in [0.717, 1.165) is 48.1 Å². The summed E-state index contributed by atoms with van der Waals surface area (Å²) in [7, 11) is -1.40. The van der Waals surface area contributed by atoms with Gasteiger partial charge in [-0.15, -0.1) is 0 Å². The van der Waals surface area contributed by atoms with Crippen molar-refractivity contribution in [3.8, 4) is 6.07 Å².